The molecule has 3 aromatic rings. The molecular formula is C23H22O5. The second-order valence-electron chi connectivity index (χ2n) is 6.59. The lowest BCUT2D eigenvalue weighted by Crippen LogP contribution is -2.12. The average molecular weight is 378 g/mol. The van der Waals surface area contributed by atoms with Crippen LogP contribution >= 0.6 is 0 Å². The van der Waals surface area contributed by atoms with Crippen molar-refractivity contribution in [1.29, 1.82) is 0 Å². The van der Waals surface area contributed by atoms with Crippen molar-refractivity contribution in [3.8, 4) is 5.75 Å². The van der Waals surface area contributed by atoms with E-state index in [0.29, 0.717) is 18.0 Å². The van der Waals surface area contributed by atoms with E-state index in [1.54, 1.807) is 6.08 Å². The van der Waals surface area contributed by atoms with Crippen LogP contribution in [0.2, 0.25) is 0 Å². The molecule has 28 heavy (non-hydrogen) atoms. The number of hydrogen-bond donors (Lipinski definition) is 1. The summed E-state index contributed by atoms with van der Waals surface area (Å²) in [5, 5.41) is 9.38. The van der Waals surface area contributed by atoms with Gasteiger partial charge in [-0.25, -0.2) is 4.79 Å². The fourth-order valence-corrected chi connectivity index (χ4v) is 2.74. The number of carbonyl (C=O) groups is 1. The maximum Gasteiger partial charge on any atom is 0.335 e. The molecular weight excluding hydrogens is 356 g/mol. The van der Waals surface area contributed by atoms with Gasteiger partial charge < -0.3 is 14.3 Å². The number of fused-ring (bicyclic) bond motifs is 1. The summed E-state index contributed by atoms with van der Waals surface area (Å²) in [6, 6.07) is 12.2. The zero-order valence-corrected chi connectivity index (χ0v) is 15.9. The molecule has 0 spiro atoms. The number of aryl methyl sites for hydroxylation is 1. The molecule has 3 rings (SSSR count). The van der Waals surface area contributed by atoms with Crippen molar-refractivity contribution in [3.63, 3.8) is 0 Å². The lowest BCUT2D eigenvalue weighted by Gasteiger charge is -2.09. The summed E-state index contributed by atoms with van der Waals surface area (Å²) in [5.41, 5.74) is 2.11. The molecule has 0 aliphatic heterocycles. The van der Waals surface area contributed by atoms with Crippen LogP contribution in [0.1, 0.15) is 47.0 Å². The summed E-state index contributed by atoms with van der Waals surface area (Å²) >= 11 is 0. The maximum absolute atomic E-state index is 13.0. The highest BCUT2D eigenvalue weighted by Crippen LogP contribution is 2.24. The summed E-state index contributed by atoms with van der Waals surface area (Å²) < 4.78 is 11.6. The first kappa shape index (κ1) is 19.4. The molecule has 2 aromatic carbocycles. The molecule has 0 bridgehead atoms. The minimum Gasteiger partial charge on any atom is -0.486 e. The van der Waals surface area contributed by atoms with Crippen LogP contribution in [0, 0.1) is 6.92 Å². The van der Waals surface area contributed by atoms with Crippen molar-refractivity contribution in [3.05, 3.63) is 75.1 Å². The largest absolute Gasteiger partial charge is 0.486 e. The van der Waals surface area contributed by atoms with E-state index in [-0.39, 0.29) is 22.1 Å². The third-order valence-corrected chi connectivity index (χ3v) is 4.37. The van der Waals surface area contributed by atoms with Gasteiger partial charge in [0.15, 0.2) is 5.76 Å². The standard InChI is InChI=1S/C23H22O5/c1-3-4-13-27-22-20(11-9-16-7-5-15(2)6-8-16)28-19-12-10-17(23(25)26)14-18(19)21(22)24/h5-12,14H,3-4,13H2,1-2H3,(H,25,26)/b11-9+. The van der Waals surface area contributed by atoms with Crippen molar-refractivity contribution in [2.45, 2.75) is 26.7 Å². The number of rotatable bonds is 7. The zero-order valence-electron chi connectivity index (χ0n) is 15.9. The third kappa shape index (κ3) is 4.31. The van der Waals surface area contributed by atoms with E-state index in [2.05, 4.69) is 0 Å². The Labute approximate surface area is 162 Å². The highest BCUT2D eigenvalue weighted by molar-refractivity contribution is 5.93. The van der Waals surface area contributed by atoms with Crippen molar-refractivity contribution >= 4 is 29.1 Å². The normalized spacial score (nSPS) is 11.2. The Hall–Kier alpha value is -3.34. The van der Waals surface area contributed by atoms with Crippen LogP contribution in [0.15, 0.2) is 51.7 Å². The molecule has 0 saturated heterocycles. The van der Waals surface area contributed by atoms with Crippen LogP contribution in [-0.4, -0.2) is 17.7 Å². The predicted octanol–water partition coefficient (Wildman–Crippen LogP) is 5.15. The second kappa shape index (κ2) is 8.57. The lowest BCUT2D eigenvalue weighted by molar-refractivity contribution is 0.0697. The van der Waals surface area contributed by atoms with Crippen LogP contribution in [-0.2, 0) is 0 Å². The average Bonchev–Trinajstić information content (AvgIpc) is 2.69. The zero-order chi connectivity index (χ0) is 20.1. The summed E-state index contributed by atoms with van der Waals surface area (Å²) in [6.45, 7) is 4.43. The van der Waals surface area contributed by atoms with E-state index in [9.17, 15) is 14.7 Å². The van der Waals surface area contributed by atoms with Gasteiger partial charge in [-0.1, -0.05) is 49.2 Å². The number of unbranched alkanes of at least 4 members (excludes halogenated alkanes) is 1. The van der Waals surface area contributed by atoms with Crippen LogP contribution in [0.5, 0.6) is 5.75 Å². The molecule has 0 aliphatic carbocycles. The predicted molar refractivity (Wildman–Crippen MR) is 110 cm³/mol. The molecule has 0 radical (unpaired) electrons. The van der Waals surface area contributed by atoms with Gasteiger partial charge in [0.25, 0.3) is 0 Å². The monoisotopic (exact) mass is 378 g/mol. The van der Waals surface area contributed by atoms with Crippen LogP contribution in [0.4, 0.5) is 0 Å². The molecule has 1 aromatic heterocycles. The van der Waals surface area contributed by atoms with Crippen LogP contribution in [0.3, 0.4) is 0 Å². The first-order valence-electron chi connectivity index (χ1n) is 9.21. The Bertz CT molecular complexity index is 1070. The SMILES string of the molecule is CCCCOc1c(/C=C/c2ccc(C)cc2)oc2ccc(C(=O)O)cc2c1=O. The number of ether oxygens (including phenoxy) is 1. The fourth-order valence-electron chi connectivity index (χ4n) is 2.74. The van der Waals surface area contributed by atoms with Crippen LogP contribution < -0.4 is 10.2 Å². The fraction of sp³-hybridized carbons (Fsp3) is 0.217. The van der Waals surface area contributed by atoms with Crippen molar-refractivity contribution in [1.82, 2.24) is 0 Å². The van der Waals surface area contributed by atoms with Crippen molar-refractivity contribution in [2.75, 3.05) is 6.61 Å². The van der Waals surface area contributed by atoms with Gasteiger partial charge >= 0.3 is 5.97 Å². The summed E-state index contributed by atoms with van der Waals surface area (Å²) in [7, 11) is 0. The minimum atomic E-state index is -1.10. The molecule has 0 aliphatic rings. The number of carboxylic acids is 1. The number of benzene rings is 2. The molecule has 5 heteroatoms. The maximum atomic E-state index is 13.0. The first-order valence-corrected chi connectivity index (χ1v) is 9.21. The van der Waals surface area contributed by atoms with Gasteiger partial charge in [-0.2, -0.15) is 0 Å². The minimum absolute atomic E-state index is 0.0299. The molecule has 0 amide bonds. The van der Waals surface area contributed by atoms with Gasteiger partial charge in [0.1, 0.15) is 5.58 Å². The Morgan fingerprint density at radius 1 is 1.14 bits per heavy atom. The highest BCUT2D eigenvalue weighted by Gasteiger charge is 2.16. The molecule has 1 heterocycles. The van der Waals surface area contributed by atoms with Gasteiger partial charge in [-0.05, 0) is 43.2 Å². The third-order valence-electron chi connectivity index (χ3n) is 4.37. The van der Waals surface area contributed by atoms with E-state index in [4.69, 9.17) is 9.15 Å². The molecule has 1 N–H and O–H groups in total. The summed E-state index contributed by atoms with van der Waals surface area (Å²) in [5.74, 6) is -0.679. The molecule has 0 unspecified atom stereocenters. The Morgan fingerprint density at radius 2 is 1.89 bits per heavy atom. The Balaban J connectivity index is 2.09. The molecule has 144 valence electrons. The molecule has 0 fully saturated rings. The van der Waals surface area contributed by atoms with E-state index in [0.717, 1.165) is 24.0 Å². The topological polar surface area (TPSA) is 76.7 Å². The second-order valence-corrected chi connectivity index (χ2v) is 6.59. The van der Waals surface area contributed by atoms with Gasteiger partial charge in [0.05, 0.1) is 17.6 Å². The number of carboxylic acid groups (broad SMARTS) is 1. The van der Waals surface area contributed by atoms with E-state index < -0.39 is 5.97 Å². The number of hydrogen-bond acceptors (Lipinski definition) is 4. The Kier molecular flexibility index (Phi) is 5.94. The van der Waals surface area contributed by atoms with E-state index in [1.165, 1.54) is 18.2 Å². The van der Waals surface area contributed by atoms with Crippen molar-refractivity contribution < 1.29 is 19.1 Å². The van der Waals surface area contributed by atoms with Gasteiger partial charge in [-0.3, -0.25) is 4.79 Å². The van der Waals surface area contributed by atoms with Gasteiger partial charge in [0, 0.05) is 0 Å². The van der Waals surface area contributed by atoms with E-state index in [1.807, 2.05) is 44.2 Å². The smallest absolute Gasteiger partial charge is 0.335 e. The molecule has 0 saturated carbocycles. The van der Waals surface area contributed by atoms with Gasteiger partial charge in [0.2, 0.25) is 11.2 Å². The quantitative estimate of drug-likeness (QED) is 0.576. The summed E-state index contributed by atoms with van der Waals surface area (Å²) in [4.78, 5) is 24.2. The van der Waals surface area contributed by atoms with E-state index >= 15 is 0 Å². The molecule has 5 nitrogen and oxygen atoms in total. The van der Waals surface area contributed by atoms with Gasteiger partial charge in [-0.15, -0.1) is 0 Å². The first-order chi connectivity index (χ1) is 13.5. The van der Waals surface area contributed by atoms with Crippen LogP contribution in [0.25, 0.3) is 23.1 Å². The van der Waals surface area contributed by atoms with Crippen molar-refractivity contribution in [2.24, 2.45) is 0 Å². The Morgan fingerprint density at radius 3 is 2.57 bits per heavy atom. The highest BCUT2D eigenvalue weighted by atomic mass is 16.5. The molecule has 0 atom stereocenters. The summed E-state index contributed by atoms with van der Waals surface area (Å²) in [6.07, 6.45) is 5.28. The lowest BCUT2D eigenvalue weighted by atomic mass is 10.1. The number of aromatic carboxylic acids is 1.